The summed E-state index contributed by atoms with van der Waals surface area (Å²) >= 11 is 0. The lowest BCUT2D eigenvalue weighted by molar-refractivity contribution is 0.519. The van der Waals surface area contributed by atoms with Crippen molar-refractivity contribution in [2.24, 2.45) is 11.3 Å². The molecule has 0 spiro atoms. The number of benzene rings is 1. The van der Waals surface area contributed by atoms with Crippen molar-refractivity contribution in [3.63, 3.8) is 0 Å². The molecule has 0 aliphatic heterocycles. The van der Waals surface area contributed by atoms with Gasteiger partial charge in [0.2, 0.25) is 0 Å². The molecule has 1 nitrogen and oxygen atoms in total. The predicted molar refractivity (Wildman–Crippen MR) is 72.0 cm³/mol. The Morgan fingerprint density at radius 2 is 1.82 bits per heavy atom. The molecule has 0 heterocycles. The summed E-state index contributed by atoms with van der Waals surface area (Å²) in [5, 5.41) is 3.58. The van der Waals surface area contributed by atoms with E-state index in [1.165, 1.54) is 36.9 Å². The standard InChI is InChI=1S/C16H23N/c1-16(2)9-15(16)11-17-10-12-3-5-13(6-4-12)14-7-8-14/h3-6,14-15,17H,7-11H2,1-2H3. The minimum absolute atomic E-state index is 0.600. The van der Waals surface area contributed by atoms with Gasteiger partial charge in [-0.05, 0) is 54.2 Å². The van der Waals surface area contributed by atoms with Crippen LogP contribution in [0.4, 0.5) is 0 Å². The van der Waals surface area contributed by atoms with Gasteiger partial charge in [0.15, 0.2) is 0 Å². The maximum atomic E-state index is 3.58. The van der Waals surface area contributed by atoms with Gasteiger partial charge < -0.3 is 5.32 Å². The number of hydrogen-bond acceptors (Lipinski definition) is 1. The van der Waals surface area contributed by atoms with Gasteiger partial charge in [0.25, 0.3) is 0 Å². The highest BCUT2D eigenvalue weighted by molar-refractivity contribution is 5.27. The third-order valence-corrected chi connectivity index (χ3v) is 4.47. The van der Waals surface area contributed by atoms with Crippen molar-refractivity contribution >= 4 is 0 Å². The van der Waals surface area contributed by atoms with E-state index in [0.717, 1.165) is 18.4 Å². The number of nitrogens with one attached hydrogen (secondary N) is 1. The van der Waals surface area contributed by atoms with Crippen molar-refractivity contribution in [2.45, 2.75) is 45.6 Å². The van der Waals surface area contributed by atoms with Crippen LogP contribution in [0.3, 0.4) is 0 Å². The van der Waals surface area contributed by atoms with Crippen molar-refractivity contribution in [2.75, 3.05) is 6.54 Å². The zero-order valence-corrected chi connectivity index (χ0v) is 11.0. The third-order valence-electron chi connectivity index (χ3n) is 4.47. The molecule has 0 amide bonds. The maximum absolute atomic E-state index is 3.58. The summed E-state index contributed by atoms with van der Waals surface area (Å²) in [5.41, 5.74) is 3.56. The molecule has 1 unspecified atom stereocenters. The normalized spacial score (nSPS) is 25.9. The molecule has 92 valence electrons. The van der Waals surface area contributed by atoms with Gasteiger partial charge in [-0.3, -0.25) is 0 Å². The van der Waals surface area contributed by atoms with Crippen molar-refractivity contribution in [3.05, 3.63) is 35.4 Å². The monoisotopic (exact) mass is 229 g/mol. The first-order chi connectivity index (χ1) is 8.15. The Kier molecular flexibility index (Phi) is 2.74. The zero-order valence-electron chi connectivity index (χ0n) is 11.0. The second-order valence-electron chi connectivity index (χ2n) is 6.54. The largest absolute Gasteiger partial charge is 0.312 e. The molecular weight excluding hydrogens is 206 g/mol. The second-order valence-corrected chi connectivity index (χ2v) is 6.54. The van der Waals surface area contributed by atoms with Gasteiger partial charge >= 0.3 is 0 Å². The first-order valence-electron chi connectivity index (χ1n) is 6.95. The Morgan fingerprint density at radius 1 is 1.18 bits per heavy atom. The molecule has 1 atom stereocenters. The minimum Gasteiger partial charge on any atom is -0.312 e. The molecule has 3 rings (SSSR count). The highest BCUT2D eigenvalue weighted by Gasteiger charge is 2.44. The first kappa shape index (κ1) is 11.3. The summed E-state index contributed by atoms with van der Waals surface area (Å²) in [6, 6.07) is 9.21. The van der Waals surface area contributed by atoms with Gasteiger partial charge in [-0.2, -0.15) is 0 Å². The highest BCUT2D eigenvalue weighted by atomic mass is 14.9. The van der Waals surface area contributed by atoms with Crippen LogP contribution in [0.1, 0.15) is 50.2 Å². The van der Waals surface area contributed by atoms with Crippen LogP contribution in [0.5, 0.6) is 0 Å². The molecule has 2 aliphatic carbocycles. The average molecular weight is 229 g/mol. The van der Waals surface area contributed by atoms with E-state index in [9.17, 15) is 0 Å². The summed E-state index contributed by atoms with van der Waals surface area (Å²) < 4.78 is 0. The molecule has 1 N–H and O–H groups in total. The van der Waals surface area contributed by atoms with Crippen molar-refractivity contribution in [3.8, 4) is 0 Å². The molecule has 0 bridgehead atoms. The molecule has 0 radical (unpaired) electrons. The van der Waals surface area contributed by atoms with Gasteiger partial charge in [0.05, 0.1) is 0 Å². The quantitative estimate of drug-likeness (QED) is 0.812. The van der Waals surface area contributed by atoms with E-state index in [4.69, 9.17) is 0 Å². The van der Waals surface area contributed by atoms with Crippen LogP contribution >= 0.6 is 0 Å². The number of rotatable bonds is 5. The van der Waals surface area contributed by atoms with Crippen molar-refractivity contribution in [1.82, 2.24) is 5.32 Å². The van der Waals surface area contributed by atoms with E-state index in [-0.39, 0.29) is 0 Å². The Morgan fingerprint density at radius 3 is 2.35 bits per heavy atom. The Labute approximate surface area is 105 Å². The zero-order chi connectivity index (χ0) is 11.9. The predicted octanol–water partition coefficient (Wildman–Crippen LogP) is 3.70. The second kappa shape index (κ2) is 4.13. The van der Waals surface area contributed by atoms with E-state index < -0.39 is 0 Å². The van der Waals surface area contributed by atoms with E-state index in [2.05, 4.69) is 43.4 Å². The highest BCUT2D eigenvalue weighted by Crippen LogP contribution is 2.51. The van der Waals surface area contributed by atoms with Crippen LogP contribution in [0.25, 0.3) is 0 Å². The van der Waals surface area contributed by atoms with Crippen LogP contribution in [-0.2, 0) is 6.54 Å². The maximum Gasteiger partial charge on any atom is 0.0205 e. The van der Waals surface area contributed by atoms with Crippen LogP contribution in [0.2, 0.25) is 0 Å². The molecule has 1 heteroatoms. The first-order valence-corrected chi connectivity index (χ1v) is 6.95. The number of hydrogen-bond donors (Lipinski definition) is 1. The smallest absolute Gasteiger partial charge is 0.0205 e. The van der Waals surface area contributed by atoms with Crippen LogP contribution < -0.4 is 5.32 Å². The lowest BCUT2D eigenvalue weighted by atomic mass is 10.1. The van der Waals surface area contributed by atoms with Gasteiger partial charge in [-0.15, -0.1) is 0 Å². The molecule has 17 heavy (non-hydrogen) atoms. The molecule has 2 saturated carbocycles. The summed E-state index contributed by atoms with van der Waals surface area (Å²) in [6.07, 6.45) is 4.18. The Balaban J connectivity index is 1.45. The van der Waals surface area contributed by atoms with Gasteiger partial charge in [-0.1, -0.05) is 38.1 Å². The molecule has 1 aromatic rings. The van der Waals surface area contributed by atoms with Gasteiger partial charge in [0, 0.05) is 6.54 Å². The fourth-order valence-electron chi connectivity index (χ4n) is 2.64. The summed E-state index contributed by atoms with van der Waals surface area (Å²) in [5.74, 6) is 1.78. The van der Waals surface area contributed by atoms with E-state index in [0.29, 0.717) is 5.41 Å². The lowest BCUT2D eigenvalue weighted by Gasteiger charge is -2.07. The van der Waals surface area contributed by atoms with Crippen molar-refractivity contribution < 1.29 is 0 Å². The SMILES string of the molecule is CC1(C)CC1CNCc1ccc(C2CC2)cc1. The molecule has 2 fully saturated rings. The molecule has 0 saturated heterocycles. The van der Waals surface area contributed by atoms with Gasteiger partial charge in [0.1, 0.15) is 0 Å². The summed E-state index contributed by atoms with van der Waals surface area (Å²) in [6.45, 7) is 6.93. The minimum atomic E-state index is 0.600. The summed E-state index contributed by atoms with van der Waals surface area (Å²) in [4.78, 5) is 0. The van der Waals surface area contributed by atoms with Gasteiger partial charge in [-0.25, -0.2) is 0 Å². The fraction of sp³-hybridized carbons (Fsp3) is 0.625. The lowest BCUT2D eigenvalue weighted by Crippen LogP contribution is -2.18. The molecule has 1 aromatic carbocycles. The van der Waals surface area contributed by atoms with Crippen LogP contribution in [0, 0.1) is 11.3 Å². The van der Waals surface area contributed by atoms with Crippen molar-refractivity contribution in [1.29, 1.82) is 0 Å². The molecule has 0 aromatic heterocycles. The Hall–Kier alpha value is -0.820. The van der Waals surface area contributed by atoms with Crippen LogP contribution in [-0.4, -0.2) is 6.54 Å². The van der Waals surface area contributed by atoms with Crippen LogP contribution in [0.15, 0.2) is 24.3 Å². The van der Waals surface area contributed by atoms with E-state index in [1.54, 1.807) is 0 Å². The molecule has 2 aliphatic rings. The fourth-order valence-corrected chi connectivity index (χ4v) is 2.64. The van der Waals surface area contributed by atoms with E-state index in [1.807, 2.05) is 0 Å². The Bertz CT molecular complexity index is 386. The summed E-state index contributed by atoms with van der Waals surface area (Å²) in [7, 11) is 0. The molecular formula is C16H23N. The topological polar surface area (TPSA) is 12.0 Å². The van der Waals surface area contributed by atoms with E-state index >= 15 is 0 Å². The third kappa shape index (κ3) is 2.71. The average Bonchev–Trinajstić information content (AvgIpc) is 3.19.